The summed E-state index contributed by atoms with van der Waals surface area (Å²) in [6.07, 6.45) is 0.903. The Morgan fingerprint density at radius 3 is 2.26 bits per heavy atom. The number of rotatable bonds is 2. The second-order valence-corrected chi connectivity index (χ2v) is 5.11. The van der Waals surface area contributed by atoms with E-state index in [9.17, 15) is 9.59 Å². The van der Waals surface area contributed by atoms with Crippen LogP contribution in [0.2, 0.25) is 0 Å². The fourth-order valence-corrected chi connectivity index (χ4v) is 2.55. The Hall–Kier alpha value is -1.84. The van der Waals surface area contributed by atoms with Crippen molar-refractivity contribution in [3.63, 3.8) is 0 Å². The highest BCUT2D eigenvalue weighted by atomic mass is 16.2. The summed E-state index contributed by atoms with van der Waals surface area (Å²) in [5, 5.41) is 0. The maximum absolute atomic E-state index is 11.3. The first-order valence-electron chi connectivity index (χ1n) is 6.60. The number of anilines is 1. The number of amides is 1. The van der Waals surface area contributed by atoms with Gasteiger partial charge in [-0.15, -0.1) is 0 Å². The number of hydrogen-bond donors (Lipinski definition) is 0. The molecule has 4 heteroatoms. The molecule has 2 rings (SSSR count). The van der Waals surface area contributed by atoms with Gasteiger partial charge < -0.3 is 9.80 Å². The van der Waals surface area contributed by atoms with Gasteiger partial charge in [0, 0.05) is 44.4 Å². The van der Waals surface area contributed by atoms with E-state index in [2.05, 4.69) is 11.0 Å². The van der Waals surface area contributed by atoms with Crippen LogP contribution in [0.3, 0.4) is 0 Å². The van der Waals surface area contributed by atoms with E-state index >= 15 is 0 Å². The highest BCUT2D eigenvalue weighted by molar-refractivity contribution is 5.79. The minimum Gasteiger partial charge on any atom is -0.368 e. The van der Waals surface area contributed by atoms with Crippen molar-refractivity contribution in [2.45, 2.75) is 20.8 Å². The zero-order chi connectivity index (χ0) is 14.0. The Morgan fingerprint density at radius 1 is 1.11 bits per heavy atom. The monoisotopic (exact) mass is 260 g/mol. The lowest BCUT2D eigenvalue weighted by atomic mass is 10.0. The molecule has 0 aliphatic carbocycles. The largest absolute Gasteiger partial charge is 0.368 e. The van der Waals surface area contributed by atoms with Crippen molar-refractivity contribution in [1.82, 2.24) is 4.90 Å². The molecule has 0 spiro atoms. The van der Waals surface area contributed by atoms with Crippen molar-refractivity contribution in [3.05, 3.63) is 28.8 Å². The Kier molecular flexibility index (Phi) is 3.88. The lowest BCUT2D eigenvalue weighted by Gasteiger charge is -2.36. The molecule has 1 aromatic carbocycles. The molecule has 1 aliphatic heterocycles. The third-order valence-electron chi connectivity index (χ3n) is 3.78. The van der Waals surface area contributed by atoms with Crippen molar-refractivity contribution in [3.8, 4) is 0 Å². The van der Waals surface area contributed by atoms with E-state index in [0.29, 0.717) is 0 Å². The van der Waals surface area contributed by atoms with Crippen molar-refractivity contribution >= 4 is 17.9 Å². The van der Waals surface area contributed by atoms with E-state index in [1.807, 2.05) is 24.8 Å². The number of benzene rings is 1. The zero-order valence-electron chi connectivity index (χ0n) is 11.8. The van der Waals surface area contributed by atoms with Crippen LogP contribution in [0.4, 0.5) is 5.69 Å². The molecule has 0 aromatic heterocycles. The molecule has 1 amide bonds. The van der Waals surface area contributed by atoms with Crippen LogP contribution in [0, 0.1) is 13.8 Å². The number of hydrogen-bond acceptors (Lipinski definition) is 3. The molecular formula is C15H20N2O2. The Morgan fingerprint density at radius 2 is 1.74 bits per heavy atom. The smallest absolute Gasteiger partial charge is 0.219 e. The van der Waals surface area contributed by atoms with Crippen LogP contribution in [-0.4, -0.2) is 43.3 Å². The van der Waals surface area contributed by atoms with E-state index in [1.165, 1.54) is 5.69 Å². The first kappa shape index (κ1) is 13.6. The average molecular weight is 260 g/mol. The molecule has 0 atom stereocenters. The van der Waals surface area contributed by atoms with Gasteiger partial charge in [-0.05, 0) is 37.1 Å². The summed E-state index contributed by atoms with van der Waals surface area (Å²) >= 11 is 0. The normalized spacial score (nSPS) is 15.5. The standard InChI is InChI=1S/C15H20N2O2/c1-11-9-15(12(2)8-14(11)10-18)17-6-4-16(5-7-17)13(3)19/h8-10H,4-7H2,1-3H3. The molecule has 0 unspecified atom stereocenters. The predicted molar refractivity (Wildman–Crippen MR) is 75.8 cm³/mol. The van der Waals surface area contributed by atoms with Crippen LogP contribution in [0.1, 0.15) is 28.4 Å². The molecular weight excluding hydrogens is 240 g/mol. The third-order valence-corrected chi connectivity index (χ3v) is 3.78. The van der Waals surface area contributed by atoms with Crippen molar-refractivity contribution < 1.29 is 9.59 Å². The first-order chi connectivity index (χ1) is 9.02. The zero-order valence-corrected chi connectivity index (χ0v) is 11.8. The SMILES string of the molecule is CC(=O)N1CCN(c2cc(C)c(C=O)cc2C)CC1. The van der Waals surface area contributed by atoms with Crippen molar-refractivity contribution in [2.75, 3.05) is 31.1 Å². The van der Waals surface area contributed by atoms with Gasteiger partial charge in [0.2, 0.25) is 5.91 Å². The van der Waals surface area contributed by atoms with E-state index in [0.717, 1.165) is 49.2 Å². The molecule has 1 fully saturated rings. The second-order valence-electron chi connectivity index (χ2n) is 5.11. The molecule has 1 aromatic rings. The summed E-state index contributed by atoms with van der Waals surface area (Å²) in [6.45, 7) is 8.83. The molecule has 102 valence electrons. The molecule has 4 nitrogen and oxygen atoms in total. The van der Waals surface area contributed by atoms with Gasteiger partial charge in [0.15, 0.2) is 0 Å². The Balaban J connectivity index is 2.18. The second kappa shape index (κ2) is 5.43. The highest BCUT2D eigenvalue weighted by Gasteiger charge is 2.20. The molecule has 0 radical (unpaired) electrons. The van der Waals surface area contributed by atoms with Crippen LogP contribution < -0.4 is 4.90 Å². The Labute approximate surface area is 114 Å². The van der Waals surface area contributed by atoms with E-state index < -0.39 is 0 Å². The fraction of sp³-hybridized carbons (Fsp3) is 0.467. The molecule has 0 N–H and O–H groups in total. The Bertz CT molecular complexity index is 503. The van der Waals surface area contributed by atoms with E-state index in [-0.39, 0.29) is 5.91 Å². The minimum absolute atomic E-state index is 0.142. The van der Waals surface area contributed by atoms with Gasteiger partial charge in [0.1, 0.15) is 6.29 Å². The number of nitrogens with zero attached hydrogens (tertiary/aromatic N) is 2. The molecule has 19 heavy (non-hydrogen) atoms. The van der Waals surface area contributed by atoms with E-state index in [1.54, 1.807) is 6.92 Å². The molecule has 1 heterocycles. The van der Waals surface area contributed by atoms with Crippen LogP contribution >= 0.6 is 0 Å². The maximum Gasteiger partial charge on any atom is 0.219 e. The lowest BCUT2D eigenvalue weighted by molar-refractivity contribution is -0.129. The highest BCUT2D eigenvalue weighted by Crippen LogP contribution is 2.24. The van der Waals surface area contributed by atoms with Gasteiger partial charge in [-0.25, -0.2) is 0 Å². The fourth-order valence-electron chi connectivity index (χ4n) is 2.55. The number of piperazine rings is 1. The molecule has 0 saturated carbocycles. The maximum atomic E-state index is 11.3. The summed E-state index contributed by atoms with van der Waals surface area (Å²) in [5.74, 6) is 0.142. The topological polar surface area (TPSA) is 40.6 Å². The van der Waals surface area contributed by atoms with E-state index in [4.69, 9.17) is 0 Å². The number of aldehydes is 1. The van der Waals surface area contributed by atoms with Gasteiger partial charge >= 0.3 is 0 Å². The molecule has 0 bridgehead atoms. The first-order valence-corrected chi connectivity index (χ1v) is 6.60. The van der Waals surface area contributed by atoms with Crippen molar-refractivity contribution in [1.29, 1.82) is 0 Å². The number of carbonyl (C=O) groups excluding carboxylic acids is 2. The van der Waals surface area contributed by atoms with Crippen molar-refractivity contribution in [2.24, 2.45) is 0 Å². The minimum atomic E-state index is 0.142. The average Bonchev–Trinajstić information content (AvgIpc) is 2.41. The van der Waals surface area contributed by atoms with Crippen LogP contribution in [0.25, 0.3) is 0 Å². The van der Waals surface area contributed by atoms with Crippen LogP contribution in [-0.2, 0) is 4.79 Å². The molecule has 1 saturated heterocycles. The summed E-state index contributed by atoms with van der Waals surface area (Å²) in [6, 6.07) is 4.01. The van der Waals surface area contributed by atoms with Gasteiger partial charge in [0.25, 0.3) is 0 Å². The van der Waals surface area contributed by atoms with Gasteiger partial charge in [-0.2, -0.15) is 0 Å². The molecule has 1 aliphatic rings. The summed E-state index contributed by atoms with van der Waals surface area (Å²) in [5.41, 5.74) is 4.04. The number of aryl methyl sites for hydroxylation is 2. The summed E-state index contributed by atoms with van der Waals surface area (Å²) < 4.78 is 0. The van der Waals surface area contributed by atoms with Gasteiger partial charge in [-0.1, -0.05) is 0 Å². The number of carbonyl (C=O) groups is 2. The predicted octanol–water partition coefficient (Wildman–Crippen LogP) is 1.78. The van der Waals surface area contributed by atoms with Gasteiger partial charge in [-0.3, -0.25) is 9.59 Å². The quantitative estimate of drug-likeness (QED) is 0.761. The van der Waals surface area contributed by atoms with Crippen LogP contribution in [0.15, 0.2) is 12.1 Å². The summed E-state index contributed by atoms with van der Waals surface area (Å²) in [4.78, 5) is 26.4. The lowest BCUT2D eigenvalue weighted by Crippen LogP contribution is -2.48. The van der Waals surface area contributed by atoms with Crippen LogP contribution in [0.5, 0.6) is 0 Å². The third kappa shape index (κ3) is 2.78. The summed E-state index contributed by atoms with van der Waals surface area (Å²) in [7, 11) is 0. The van der Waals surface area contributed by atoms with Gasteiger partial charge in [0.05, 0.1) is 0 Å².